The monoisotopic (exact) mass is 432 g/mol. The van der Waals surface area contributed by atoms with Crippen molar-refractivity contribution in [2.24, 2.45) is 0 Å². The molecule has 1 N–H and O–H groups in total. The Morgan fingerprint density at radius 3 is 2.68 bits per heavy atom. The number of aromatic nitrogens is 1. The molecule has 1 fully saturated rings. The first-order valence-corrected chi connectivity index (χ1v) is 9.92. The number of benzene rings is 1. The fourth-order valence-electron chi connectivity index (χ4n) is 3.63. The highest BCUT2D eigenvalue weighted by Crippen LogP contribution is 2.39. The Labute approximate surface area is 178 Å². The number of anilines is 1. The van der Waals surface area contributed by atoms with Gasteiger partial charge in [0.25, 0.3) is 0 Å². The molecule has 2 aliphatic rings. The quantitative estimate of drug-likeness (QED) is 0.773. The minimum absolute atomic E-state index is 0.131. The van der Waals surface area contributed by atoms with E-state index >= 15 is 0 Å². The summed E-state index contributed by atoms with van der Waals surface area (Å²) in [6.07, 6.45) is 0.203. The molecule has 31 heavy (non-hydrogen) atoms. The van der Waals surface area contributed by atoms with Gasteiger partial charge < -0.3 is 14.6 Å². The minimum Gasteiger partial charge on any atom is -0.470 e. The van der Waals surface area contributed by atoms with E-state index in [4.69, 9.17) is 9.47 Å². The SMILES string of the molecule is Cc1ccccc1-c1nc(N2CC=CC=C2O[C@@H]2COC[C@]2(C)O)ccc1C(F)(F)F. The van der Waals surface area contributed by atoms with Crippen LogP contribution in [-0.2, 0) is 15.7 Å². The van der Waals surface area contributed by atoms with Crippen LogP contribution in [-0.4, -0.2) is 41.6 Å². The normalized spacial score (nSPS) is 23.7. The molecule has 0 amide bonds. The van der Waals surface area contributed by atoms with Crippen LogP contribution in [0.1, 0.15) is 18.1 Å². The molecule has 0 bridgehead atoms. The first-order valence-electron chi connectivity index (χ1n) is 9.92. The van der Waals surface area contributed by atoms with Gasteiger partial charge in [-0.25, -0.2) is 4.98 Å². The lowest BCUT2D eigenvalue weighted by Gasteiger charge is -2.32. The maximum absolute atomic E-state index is 13.7. The molecule has 0 saturated carbocycles. The predicted octanol–water partition coefficient (Wildman–Crippen LogP) is 4.46. The average Bonchev–Trinajstić information content (AvgIpc) is 3.05. The van der Waals surface area contributed by atoms with E-state index in [1.54, 1.807) is 55.2 Å². The lowest BCUT2D eigenvalue weighted by atomic mass is 10.0. The lowest BCUT2D eigenvalue weighted by molar-refractivity contribution is -0.137. The highest BCUT2D eigenvalue weighted by molar-refractivity contribution is 5.70. The van der Waals surface area contributed by atoms with Crippen molar-refractivity contribution < 1.29 is 27.8 Å². The summed E-state index contributed by atoms with van der Waals surface area (Å²) < 4.78 is 52.5. The number of aryl methyl sites for hydroxylation is 1. The van der Waals surface area contributed by atoms with E-state index in [0.29, 0.717) is 29.4 Å². The van der Waals surface area contributed by atoms with Crippen LogP contribution in [0.15, 0.2) is 60.5 Å². The fraction of sp³-hybridized carbons (Fsp3) is 0.348. The summed E-state index contributed by atoms with van der Waals surface area (Å²) in [4.78, 5) is 6.09. The zero-order valence-electron chi connectivity index (χ0n) is 17.2. The number of allylic oxidation sites excluding steroid dienone is 2. The van der Waals surface area contributed by atoms with Crippen LogP contribution in [0.25, 0.3) is 11.3 Å². The van der Waals surface area contributed by atoms with E-state index in [9.17, 15) is 18.3 Å². The molecule has 164 valence electrons. The van der Waals surface area contributed by atoms with Gasteiger partial charge in [0.15, 0.2) is 12.0 Å². The number of ether oxygens (including phenoxy) is 2. The molecule has 1 saturated heterocycles. The van der Waals surface area contributed by atoms with Gasteiger partial charge in [-0.05, 0) is 37.6 Å². The lowest BCUT2D eigenvalue weighted by Crippen LogP contribution is -2.42. The third-order valence-electron chi connectivity index (χ3n) is 5.41. The Hall–Kier alpha value is -2.84. The summed E-state index contributed by atoms with van der Waals surface area (Å²) in [7, 11) is 0. The molecule has 0 radical (unpaired) electrons. The number of aliphatic hydroxyl groups is 1. The zero-order valence-corrected chi connectivity index (χ0v) is 17.2. The van der Waals surface area contributed by atoms with Crippen LogP contribution in [0.5, 0.6) is 0 Å². The number of alkyl halides is 3. The Bertz CT molecular complexity index is 1030. The first kappa shape index (κ1) is 21.4. The van der Waals surface area contributed by atoms with Gasteiger partial charge >= 0.3 is 6.18 Å². The number of halogens is 3. The summed E-state index contributed by atoms with van der Waals surface area (Å²) >= 11 is 0. The van der Waals surface area contributed by atoms with Crippen molar-refractivity contribution in [3.05, 3.63) is 71.6 Å². The Morgan fingerprint density at radius 2 is 2.00 bits per heavy atom. The Balaban J connectivity index is 1.74. The summed E-state index contributed by atoms with van der Waals surface area (Å²) in [5.74, 6) is 0.710. The molecule has 3 heterocycles. The van der Waals surface area contributed by atoms with E-state index in [1.165, 1.54) is 6.07 Å². The number of pyridine rings is 1. The van der Waals surface area contributed by atoms with Crippen molar-refractivity contribution in [2.75, 3.05) is 24.7 Å². The van der Waals surface area contributed by atoms with Crippen molar-refractivity contribution in [2.45, 2.75) is 31.7 Å². The number of rotatable bonds is 4. The number of nitrogens with zero attached hydrogens (tertiary/aromatic N) is 2. The highest BCUT2D eigenvalue weighted by atomic mass is 19.4. The zero-order chi connectivity index (χ0) is 22.2. The van der Waals surface area contributed by atoms with Crippen LogP contribution >= 0.6 is 0 Å². The van der Waals surface area contributed by atoms with Crippen molar-refractivity contribution in [1.82, 2.24) is 4.98 Å². The predicted molar refractivity (Wildman–Crippen MR) is 110 cm³/mol. The van der Waals surface area contributed by atoms with Crippen LogP contribution in [0.4, 0.5) is 19.0 Å². The number of hydrogen-bond acceptors (Lipinski definition) is 5. The topological polar surface area (TPSA) is 54.8 Å². The molecule has 2 aromatic rings. The summed E-state index contributed by atoms with van der Waals surface area (Å²) in [6.45, 7) is 4.12. The largest absolute Gasteiger partial charge is 0.470 e. The Morgan fingerprint density at radius 1 is 1.23 bits per heavy atom. The molecule has 0 unspecified atom stereocenters. The van der Waals surface area contributed by atoms with Crippen molar-refractivity contribution in [1.29, 1.82) is 0 Å². The maximum atomic E-state index is 13.7. The van der Waals surface area contributed by atoms with Gasteiger partial charge in [0.1, 0.15) is 11.4 Å². The molecule has 1 aromatic heterocycles. The molecular formula is C23H23F3N2O3. The van der Waals surface area contributed by atoms with Crippen molar-refractivity contribution in [3.8, 4) is 11.3 Å². The second kappa shape index (κ2) is 8.01. The van der Waals surface area contributed by atoms with Crippen LogP contribution < -0.4 is 4.90 Å². The van der Waals surface area contributed by atoms with Gasteiger partial charge in [0.2, 0.25) is 0 Å². The average molecular weight is 432 g/mol. The number of hydrogen-bond donors (Lipinski definition) is 1. The van der Waals surface area contributed by atoms with E-state index in [1.807, 2.05) is 6.08 Å². The fourth-order valence-corrected chi connectivity index (χ4v) is 3.63. The summed E-state index contributed by atoms with van der Waals surface area (Å²) in [5, 5.41) is 10.4. The second-order valence-electron chi connectivity index (χ2n) is 7.90. The summed E-state index contributed by atoms with van der Waals surface area (Å²) in [6, 6.07) is 9.24. The molecule has 1 aromatic carbocycles. The van der Waals surface area contributed by atoms with Gasteiger partial charge in [-0.1, -0.05) is 36.4 Å². The van der Waals surface area contributed by atoms with Gasteiger partial charge in [-0.3, -0.25) is 4.90 Å². The molecule has 2 aliphatic heterocycles. The summed E-state index contributed by atoms with van der Waals surface area (Å²) in [5.41, 5.74) is -0.969. The van der Waals surface area contributed by atoms with E-state index in [2.05, 4.69) is 4.98 Å². The highest BCUT2D eigenvalue weighted by Gasteiger charge is 2.41. The van der Waals surface area contributed by atoms with E-state index < -0.39 is 23.4 Å². The smallest absolute Gasteiger partial charge is 0.418 e. The van der Waals surface area contributed by atoms with E-state index in [0.717, 1.165) is 6.07 Å². The Kier molecular flexibility index (Phi) is 5.53. The van der Waals surface area contributed by atoms with Crippen molar-refractivity contribution in [3.63, 3.8) is 0 Å². The van der Waals surface area contributed by atoms with Crippen LogP contribution in [0.3, 0.4) is 0 Å². The molecule has 4 rings (SSSR count). The van der Waals surface area contributed by atoms with Gasteiger partial charge in [-0.15, -0.1) is 0 Å². The van der Waals surface area contributed by atoms with Crippen LogP contribution in [0.2, 0.25) is 0 Å². The first-order chi connectivity index (χ1) is 14.7. The maximum Gasteiger partial charge on any atom is 0.418 e. The third-order valence-corrected chi connectivity index (χ3v) is 5.41. The van der Waals surface area contributed by atoms with Crippen molar-refractivity contribution >= 4 is 5.82 Å². The molecule has 0 aliphatic carbocycles. The minimum atomic E-state index is -4.54. The molecule has 5 nitrogen and oxygen atoms in total. The third kappa shape index (κ3) is 4.31. The molecule has 8 heteroatoms. The van der Waals surface area contributed by atoms with E-state index in [-0.39, 0.29) is 18.9 Å². The van der Waals surface area contributed by atoms with Gasteiger partial charge in [0, 0.05) is 12.1 Å². The standard InChI is InChI=1S/C23H23F3N2O3/c1-15-7-3-4-8-16(15)21-17(23(24,25)26)10-11-19(27-21)28-12-6-5-9-20(28)31-18-13-30-14-22(18,2)29/h3-11,18,29H,12-14H2,1-2H3/t18-,22+/m1/s1. The van der Waals surface area contributed by atoms with Crippen LogP contribution in [0, 0.1) is 6.92 Å². The molecular weight excluding hydrogens is 409 g/mol. The second-order valence-corrected chi connectivity index (χ2v) is 7.90. The molecule has 0 spiro atoms. The molecule has 2 atom stereocenters. The van der Waals surface area contributed by atoms with Gasteiger partial charge in [-0.2, -0.15) is 13.2 Å². The van der Waals surface area contributed by atoms with Gasteiger partial charge in [0.05, 0.1) is 24.5 Å².